The Balaban J connectivity index is 1.19. The number of nitrogens with two attached hydrogens (primary N) is 1. The molecule has 2 aliphatic rings. The number of hydrogen-bond acceptors (Lipinski definition) is 6. The van der Waals surface area contributed by atoms with E-state index in [2.05, 4.69) is 43.8 Å². The molecule has 2 aromatic heterocycles. The molecule has 2 fully saturated rings. The number of carboxylic acids is 1. The molecule has 1 unspecified atom stereocenters. The van der Waals surface area contributed by atoms with Crippen LogP contribution in [0.1, 0.15) is 37.3 Å². The first kappa shape index (κ1) is 24.4. The number of benzene rings is 2. The van der Waals surface area contributed by atoms with Crippen LogP contribution in [0.4, 0.5) is 5.82 Å². The average Bonchev–Trinajstić information content (AvgIpc) is 3.31. The summed E-state index contributed by atoms with van der Waals surface area (Å²) < 4.78 is 8.34. The van der Waals surface area contributed by atoms with E-state index in [4.69, 9.17) is 10.5 Å². The topological polar surface area (TPSA) is 107 Å². The van der Waals surface area contributed by atoms with Gasteiger partial charge in [0.25, 0.3) is 0 Å². The Morgan fingerprint density at radius 3 is 2.76 bits per heavy atom. The predicted octanol–water partition coefficient (Wildman–Crippen LogP) is 5.01. The first-order chi connectivity index (χ1) is 18.5. The molecule has 1 atom stereocenters. The molecule has 8 heteroatoms. The van der Waals surface area contributed by atoms with Crippen LogP contribution in [0.15, 0.2) is 67.1 Å². The van der Waals surface area contributed by atoms with E-state index in [1.54, 1.807) is 0 Å². The van der Waals surface area contributed by atoms with Crippen LogP contribution in [-0.2, 0) is 11.4 Å². The number of aliphatic carboxylic acids is 1. The minimum absolute atomic E-state index is 0.234. The van der Waals surface area contributed by atoms with E-state index in [-0.39, 0.29) is 5.92 Å². The minimum Gasteiger partial charge on any atom is -0.489 e. The number of nitrogen functional groups attached to an aromatic ring is 1. The first-order valence-electron chi connectivity index (χ1n) is 13.4. The first-order valence-corrected chi connectivity index (χ1v) is 13.4. The van der Waals surface area contributed by atoms with Crippen LogP contribution in [-0.4, -0.2) is 50.1 Å². The standard InChI is InChI=1S/C30H33N5O3/c31-28-27-26(22-8-4-10-25(14-22)38-18-20-6-2-1-3-7-20)17-35(29(27)33-19-32-28)24-12-21(13-24)15-34-11-5-9-23(16-34)30(36)37/h1-4,6-8,10,14,17,19,21,23-24H,5,9,11-13,15-16,18H2,(H,36,37)(H2,31,32,33)/t21-,23?,24+. The van der Waals surface area contributed by atoms with E-state index in [1.807, 2.05) is 36.4 Å². The second kappa shape index (κ2) is 10.5. The molecule has 38 heavy (non-hydrogen) atoms. The molecular weight excluding hydrogens is 478 g/mol. The maximum absolute atomic E-state index is 11.4. The quantitative estimate of drug-likeness (QED) is 0.343. The Hall–Kier alpha value is -3.91. The summed E-state index contributed by atoms with van der Waals surface area (Å²) in [4.78, 5) is 22.7. The lowest BCUT2D eigenvalue weighted by Crippen LogP contribution is -2.43. The number of rotatable bonds is 8. The van der Waals surface area contributed by atoms with E-state index < -0.39 is 5.97 Å². The highest BCUT2D eigenvalue weighted by atomic mass is 16.5. The Morgan fingerprint density at radius 2 is 1.95 bits per heavy atom. The van der Waals surface area contributed by atoms with E-state index in [0.717, 1.165) is 72.2 Å². The summed E-state index contributed by atoms with van der Waals surface area (Å²) in [5.41, 5.74) is 10.4. The molecule has 3 N–H and O–H groups in total. The number of carboxylic acid groups (broad SMARTS) is 1. The summed E-state index contributed by atoms with van der Waals surface area (Å²) in [5.74, 6) is 0.931. The lowest BCUT2D eigenvalue weighted by molar-refractivity contribution is -0.143. The number of carbonyl (C=O) groups is 1. The number of aromatic nitrogens is 3. The number of anilines is 1. The van der Waals surface area contributed by atoms with Gasteiger partial charge in [0.05, 0.1) is 11.3 Å². The molecular formula is C30H33N5O3. The van der Waals surface area contributed by atoms with Crippen LogP contribution in [0.25, 0.3) is 22.2 Å². The van der Waals surface area contributed by atoms with Gasteiger partial charge in [0.1, 0.15) is 30.1 Å². The number of fused-ring (bicyclic) bond motifs is 1. The summed E-state index contributed by atoms with van der Waals surface area (Å²) in [6.07, 6.45) is 7.53. The van der Waals surface area contributed by atoms with Gasteiger partial charge in [0.15, 0.2) is 0 Å². The smallest absolute Gasteiger partial charge is 0.307 e. The van der Waals surface area contributed by atoms with Crippen LogP contribution in [0.2, 0.25) is 0 Å². The van der Waals surface area contributed by atoms with Crippen molar-refractivity contribution in [1.29, 1.82) is 0 Å². The maximum atomic E-state index is 11.4. The lowest BCUT2D eigenvalue weighted by atomic mass is 9.79. The summed E-state index contributed by atoms with van der Waals surface area (Å²) >= 11 is 0. The Kier molecular flexibility index (Phi) is 6.72. The van der Waals surface area contributed by atoms with Crippen molar-refractivity contribution in [1.82, 2.24) is 19.4 Å². The fraction of sp³-hybridized carbons (Fsp3) is 0.367. The second-order valence-corrected chi connectivity index (χ2v) is 10.6. The minimum atomic E-state index is -0.667. The largest absolute Gasteiger partial charge is 0.489 e. The van der Waals surface area contributed by atoms with Crippen molar-refractivity contribution in [2.45, 2.75) is 38.3 Å². The molecule has 0 amide bonds. The SMILES string of the molecule is Nc1ncnc2c1c(-c1cccc(OCc3ccccc3)c1)cn2[C@H]1C[C@@H](CN2CCCC(C(=O)O)C2)C1. The Morgan fingerprint density at radius 1 is 1.11 bits per heavy atom. The molecule has 1 saturated carbocycles. The van der Waals surface area contributed by atoms with Crippen LogP contribution < -0.4 is 10.5 Å². The number of ether oxygens (including phenoxy) is 1. The number of piperidine rings is 1. The maximum Gasteiger partial charge on any atom is 0.307 e. The van der Waals surface area contributed by atoms with Crippen LogP contribution >= 0.6 is 0 Å². The zero-order chi connectivity index (χ0) is 26.1. The number of nitrogens with zero attached hydrogens (tertiary/aromatic N) is 4. The van der Waals surface area contributed by atoms with Crippen molar-refractivity contribution in [3.05, 3.63) is 72.7 Å². The van der Waals surface area contributed by atoms with Gasteiger partial charge < -0.3 is 25.0 Å². The third-order valence-electron chi connectivity index (χ3n) is 8.01. The predicted molar refractivity (Wildman–Crippen MR) is 147 cm³/mol. The number of hydrogen-bond donors (Lipinski definition) is 2. The lowest BCUT2D eigenvalue weighted by Gasteiger charge is -2.41. The zero-order valence-electron chi connectivity index (χ0n) is 21.4. The second-order valence-electron chi connectivity index (χ2n) is 10.6. The molecule has 0 spiro atoms. The Bertz CT molecular complexity index is 1430. The van der Waals surface area contributed by atoms with Crippen LogP contribution in [0, 0.1) is 11.8 Å². The molecule has 6 rings (SSSR count). The molecule has 4 aromatic rings. The monoisotopic (exact) mass is 511 g/mol. The third kappa shape index (κ3) is 4.96. The van der Waals surface area contributed by atoms with Crippen molar-refractivity contribution in [3.8, 4) is 16.9 Å². The van der Waals surface area contributed by atoms with E-state index in [9.17, 15) is 9.90 Å². The molecule has 0 radical (unpaired) electrons. The summed E-state index contributed by atoms with van der Waals surface area (Å²) in [6, 6.07) is 18.6. The van der Waals surface area contributed by atoms with E-state index in [1.165, 1.54) is 6.33 Å². The van der Waals surface area contributed by atoms with Gasteiger partial charge in [-0.1, -0.05) is 42.5 Å². The van der Waals surface area contributed by atoms with Gasteiger partial charge in [-0.25, -0.2) is 9.97 Å². The van der Waals surface area contributed by atoms with Crippen LogP contribution in [0.3, 0.4) is 0 Å². The molecule has 2 aromatic carbocycles. The van der Waals surface area contributed by atoms with Gasteiger partial charge in [0.2, 0.25) is 0 Å². The van der Waals surface area contributed by atoms with E-state index >= 15 is 0 Å². The molecule has 0 bridgehead atoms. The normalized spacial score (nSPS) is 21.7. The molecule has 1 aliphatic heterocycles. The van der Waals surface area contributed by atoms with Gasteiger partial charge in [0, 0.05) is 30.9 Å². The van der Waals surface area contributed by atoms with Crippen LogP contribution in [0.5, 0.6) is 5.75 Å². The average molecular weight is 512 g/mol. The molecule has 3 heterocycles. The van der Waals surface area contributed by atoms with E-state index in [0.29, 0.717) is 30.9 Å². The van der Waals surface area contributed by atoms with Crippen molar-refractivity contribution in [2.75, 3.05) is 25.4 Å². The zero-order valence-corrected chi connectivity index (χ0v) is 21.4. The summed E-state index contributed by atoms with van der Waals surface area (Å²) in [5, 5.41) is 10.3. The molecule has 8 nitrogen and oxygen atoms in total. The third-order valence-corrected chi connectivity index (χ3v) is 8.01. The number of likely N-dealkylation sites (tertiary alicyclic amines) is 1. The highest BCUT2D eigenvalue weighted by Crippen LogP contribution is 2.43. The van der Waals surface area contributed by atoms with Gasteiger partial charge >= 0.3 is 5.97 Å². The molecule has 196 valence electrons. The van der Waals surface area contributed by atoms with Crippen molar-refractivity contribution in [3.63, 3.8) is 0 Å². The highest BCUT2D eigenvalue weighted by Gasteiger charge is 2.35. The van der Waals surface area contributed by atoms with Gasteiger partial charge in [-0.2, -0.15) is 0 Å². The van der Waals surface area contributed by atoms with Crippen molar-refractivity contribution in [2.24, 2.45) is 11.8 Å². The van der Waals surface area contributed by atoms with Crippen molar-refractivity contribution < 1.29 is 14.6 Å². The highest BCUT2D eigenvalue weighted by molar-refractivity contribution is 6.00. The van der Waals surface area contributed by atoms with Gasteiger partial charge in [-0.05, 0) is 61.4 Å². The van der Waals surface area contributed by atoms with Gasteiger partial charge in [-0.3, -0.25) is 4.79 Å². The summed E-state index contributed by atoms with van der Waals surface area (Å²) in [6.45, 7) is 3.13. The Labute approximate surface area is 222 Å². The summed E-state index contributed by atoms with van der Waals surface area (Å²) in [7, 11) is 0. The van der Waals surface area contributed by atoms with Gasteiger partial charge in [-0.15, -0.1) is 0 Å². The fourth-order valence-corrected chi connectivity index (χ4v) is 5.96. The molecule has 1 saturated heterocycles. The fourth-order valence-electron chi connectivity index (χ4n) is 5.96. The molecule has 1 aliphatic carbocycles. The van der Waals surface area contributed by atoms with Crippen molar-refractivity contribution >= 4 is 22.8 Å².